The Balaban J connectivity index is 2.42. The van der Waals surface area contributed by atoms with Crippen LogP contribution < -0.4 is 10.5 Å². The highest BCUT2D eigenvalue weighted by Crippen LogP contribution is 2.23. The molecule has 9 nitrogen and oxygen atoms in total. The summed E-state index contributed by atoms with van der Waals surface area (Å²) in [4.78, 5) is 25.8. The van der Waals surface area contributed by atoms with Crippen LogP contribution in [-0.4, -0.2) is 32.7 Å². The van der Waals surface area contributed by atoms with E-state index >= 15 is 0 Å². The van der Waals surface area contributed by atoms with Crippen LogP contribution in [0.5, 0.6) is 5.88 Å². The molecule has 0 atom stereocenters. The van der Waals surface area contributed by atoms with E-state index in [0.29, 0.717) is 11.6 Å². The first-order valence-electron chi connectivity index (χ1n) is 5.95. The molecule has 2 aromatic rings. The Morgan fingerprint density at radius 3 is 2.76 bits per heavy atom. The average molecular weight is 291 g/mol. The van der Waals surface area contributed by atoms with E-state index in [1.807, 2.05) is 0 Å². The molecule has 0 aliphatic heterocycles. The van der Waals surface area contributed by atoms with Crippen LogP contribution in [-0.2, 0) is 6.54 Å². The van der Waals surface area contributed by atoms with Crippen molar-refractivity contribution in [1.82, 2.24) is 14.8 Å². The van der Waals surface area contributed by atoms with E-state index < -0.39 is 10.8 Å². The van der Waals surface area contributed by atoms with E-state index in [-0.39, 0.29) is 23.6 Å². The van der Waals surface area contributed by atoms with Crippen molar-refractivity contribution in [1.29, 1.82) is 0 Å². The highest BCUT2D eigenvalue weighted by Gasteiger charge is 2.28. The minimum Gasteiger partial charge on any atom is -0.481 e. The zero-order valence-corrected chi connectivity index (χ0v) is 11.4. The molecule has 2 aromatic heterocycles. The number of hydrogen-bond acceptors (Lipinski definition) is 6. The van der Waals surface area contributed by atoms with Gasteiger partial charge in [-0.2, -0.15) is 5.10 Å². The molecule has 0 unspecified atom stereocenters. The summed E-state index contributed by atoms with van der Waals surface area (Å²) in [6.45, 7) is 1.66. The fourth-order valence-electron chi connectivity index (χ4n) is 1.89. The lowest BCUT2D eigenvalue weighted by Crippen LogP contribution is -2.14. The molecule has 2 heterocycles. The van der Waals surface area contributed by atoms with E-state index in [1.165, 1.54) is 18.7 Å². The lowest BCUT2D eigenvalue weighted by molar-refractivity contribution is -0.385. The Bertz CT molecular complexity index is 710. The molecule has 0 aromatic carbocycles. The Morgan fingerprint density at radius 1 is 1.52 bits per heavy atom. The van der Waals surface area contributed by atoms with E-state index in [9.17, 15) is 14.9 Å². The highest BCUT2D eigenvalue weighted by molar-refractivity contribution is 5.95. The third-order valence-electron chi connectivity index (χ3n) is 2.89. The van der Waals surface area contributed by atoms with Gasteiger partial charge in [0.1, 0.15) is 5.69 Å². The van der Waals surface area contributed by atoms with Crippen molar-refractivity contribution in [3.63, 3.8) is 0 Å². The number of pyridine rings is 1. The number of nitrogens with zero attached hydrogens (tertiary/aromatic N) is 4. The lowest BCUT2D eigenvalue weighted by Gasteiger charge is -2.05. The Labute approximate surface area is 119 Å². The Kier molecular flexibility index (Phi) is 3.83. The molecule has 0 radical (unpaired) electrons. The molecule has 0 fully saturated rings. The van der Waals surface area contributed by atoms with Crippen molar-refractivity contribution in [3.05, 3.63) is 45.4 Å². The van der Waals surface area contributed by atoms with Crippen LogP contribution >= 0.6 is 0 Å². The summed E-state index contributed by atoms with van der Waals surface area (Å²) < 4.78 is 6.32. The van der Waals surface area contributed by atoms with Gasteiger partial charge in [0, 0.05) is 6.07 Å². The molecule has 21 heavy (non-hydrogen) atoms. The number of carbonyl (C=O) groups excluding carboxylic acids is 1. The molecule has 0 saturated carbocycles. The molecule has 2 rings (SSSR count). The largest absolute Gasteiger partial charge is 0.481 e. The summed E-state index contributed by atoms with van der Waals surface area (Å²) in [7, 11) is 1.49. The van der Waals surface area contributed by atoms with Crippen LogP contribution in [0.25, 0.3) is 0 Å². The third-order valence-corrected chi connectivity index (χ3v) is 2.89. The van der Waals surface area contributed by atoms with Crippen molar-refractivity contribution >= 4 is 11.6 Å². The molecule has 2 N–H and O–H groups in total. The number of nitrogens with two attached hydrogens (primary N) is 1. The maximum atomic E-state index is 11.3. The number of hydrogen-bond donors (Lipinski definition) is 1. The second-order valence-corrected chi connectivity index (χ2v) is 4.23. The maximum absolute atomic E-state index is 11.3. The first-order valence-corrected chi connectivity index (χ1v) is 5.95. The number of ether oxygens (including phenoxy) is 1. The van der Waals surface area contributed by atoms with Gasteiger partial charge < -0.3 is 10.5 Å². The number of amides is 1. The molecule has 9 heteroatoms. The predicted molar refractivity (Wildman–Crippen MR) is 72.0 cm³/mol. The van der Waals surface area contributed by atoms with Crippen LogP contribution in [0.15, 0.2) is 18.2 Å². The van der Waals surface area contributed by atoms with Gasteiger partial charge in [0.2, 0.25) is 11.6 Å². The van der Waals surface area contributed by atoms with Crippen LogP contribution in [0.3, 0.4) is 0 Å². The van der Waals surface area contributed by atoms with E-state index in [1.54, 1.807) is 18.2 Å². The first kappa shape index (κ1) is 14.4. The van der Waals surface area contributed by atoms with Gasteiger partial charge >= 0.3 is 5.69 Å². The Hall–Kier alpha value is -2.97. The Morgan fingerprint density at radius 2 is 2.24 bits per heavy atom. The van der Waals surface area contributed by atoms with Crippen molar-refractivity contribution in [2.75, 3.05) is 7.11 Å². The molecule has 0 saturated heterocycles. The lowest BCUT2D eigenvalue weighted by atomic mass is 10.3. The minimum atomic E-state index is -0.942. The summed E-state index contributed by atoms with van der Waals surface area (Å²) in [6, 6.07) is 5.14. The van der Waals surface area contributed by atoms with E-state index in [2.05, 4.69) is 10.1 Å². The predicted octanol–water partition coefficient (Wildman–Crippen LogP) is 0.651. The number of rotatable bonds is 5. The number of nitro groups is 1. The molecule has 0 aliphatic carbocycles. The maximum Gasteiger partial charge on any atom is 0.322 e. The second kappa shape index (κ2) is 5.57. The van der Waals surface area contributed by atoms with Gasteiger partial charge in [0.15, 0.2) is 0 Å². The van der Waals surface area contributed by atoms with Gasteiger partial charge in [-0.25, -0.2) is 4.98 Å². The van der Waals surface area contributed by atoms with Crippen LogP contribution in [0.1, 0.15) is 21.9 Å². The van der Waals surface area contributed by atoms with E-state index in [4.69, 9.17) is 10.5 Å². The summed E-state index contributed by atoms with van der Waals surface area (Å²) in [5, 5.41) is 14.9. The number of methoxy groups -OCH3 is 1. The number of primary amides is 1. The topological polar surface area (TPSA) is 126 Å². The summed E-state index contributed by atoms with van der Waals surface area (Å²) in [5.41, 5.74) is 5.20. The molecule has 0 spiro atoms. The van der Waals surface area contributed by atoms with Crippen LogP contribution in [0.2, 0.25) is 0 Å². The zero-order chi connectivity index (χ0) is 15.6. The summed E-state index contributed by atoms with van der Waals surface area (Å²) >= 11 is 0. The monoisotopic (exact) mass is 291 g/mol. The first-order chi connectivity index (χ1) is 9.93. The fraction of sp³-hybridized carbons (Fsp3) is 0.250. The van der Waals surface area contributed by atoms with Gasteiger partial charge in [-0.3, -0.25) is 19.6 Å². The molecular weight excluding hydrogens is 278 g/mol. The summed E-state index contributed by atoms with van der Waals surface area (Å²) in [5.74, 6) is -0.524. The highest BCUT2D eigenvalue weighted by atomic mass is 16.6. The molecular formula is C12H13N5O4. The van der Waals surface area contributed by atoms with Crippen molar-refractivity contribution in [2.45, 2.75) is 13.5 Å². The van der Waals surface area contributed by atoms with Gasteiger partial charge in [-0.1, -0.05) is 6.07 Å². The smallest absolute Gasteiger partial charge is 0.322 e. The standard InChI is InChI=1S/C12H13N5O4/c1-7-11(17(19)20)10(12(13)18)15-16(7)6-8-4-3-5-9(14-8)21-2/h3-5H,6H2,1-2H3,(H2,13,18). The van der Waals surface area contributed by atoms with E-state index in [0.717, 1.165) is 0 Å². The fourth-order valence-corrected chi connectivity index (χ4v) is 1.89. The zero-order valence-electron chi connectivity index (χ0n) is 11.4. The van der Waals surface area contributed by atoms with Gasteiger partial charge in [-0.05, 0) is 13.0 Å². The van der Waals surface area contributed by atoms with Crippen molar-refractivity contribution < 1.29 is 14.5 Å². The number of carbonyl (C=O) groups is 1. The van der Waals surface area contributed by atoms with Gasteiger partial charge in [-0.15, -0.1) is 0 Å². The van der Waals surface area contributed by atoms with Crippen molar-refractivity contribution in [2.24, 2.45) is 5.73 Å². The number of aromatic nitrogens is 3. The second-order valence-electron chi connectivity index (χ2n) is 4.23. The molecule has 0 aliphatic rings. The summed E-state index contributed by atoms with van der Waals surface area (Å²) in [6.07, 6.45) is 0. The normalized spacial score (nSPS) is 10.4. The van der Waals surface area contributed by atoms with Crippen LogP contribution in [0.4, 0.5) is 5.69 Å². The SMILES string of the molecule is COc1cccc(Cn2nc(C(N)=O)c([N+](=O)[O-])c2C)n1. The minimum absolute atomic E-state index is 0.164. The van der Waals surface area contributed by atoms with Gasteiger partial charge in [0.05, 0.1) is 24.3 Å². The molecule has 0 bridgehead atoms. The van der Waals surface area contributed by atoms with Crippen LogP contribution in [0, 0.1) is 17.0 Å². The quantitative estimate of drug-likeness (QED) is 0.636. The van der Waals surface area contributed by atoms with Crippen molar-refractivity contribution in [3.8, 4) is 5.88 Å². The average Bonchev–Trinajstić information content (AvgIpc) is 2.76. The third kappa shape index (κ3) is 2.81. The van der Waals surface area contributed by atoms with Gasteiger partial charge in [0.25, 0.3) is 5.91 Å². The molecule has 110 valence electrons. The molecule has 1 amide bonds.